The molecule has 1 atom stereocenters. The van der Waals surface area contributed by atoms with Gasteiger partial charge in [-0.3, -0.25) is 19.5 Å². The number of nitrogens with one attached hydrogen (secondary N) is 3. The summed E-state index contributed by atoms with van der Waals surface area (Å²) in [5.74, 6) is -0.244. The van der Waals surface area contributed by atoms with E-state index in [9.17, 15) is 9.59 Å². The van der Waals surface area contributed by atoms with Gasteiger partial charge in [-0.2, -0.15) is 0 Å². The summed E-state index contributed by atoms with van der Waals surface area (Å²) >= 11 is 0. The summed E-state index contributed by atoms with van der Waals surface area (Å²) < 4.78 is 0. The van der Waals surface area contributed by atoms with E-state index in [-0.39, 0.29) is 36.8 Å². The highest BCUT2D eigenvalue weighted by atomic mass is 35.5. The largest absolute Gasteiger partial charge is 0.352 e. The number of halogens is 1. The van der Waals surface area contributed by atoms with Gasteiger partial charge in [0.1, 0.15) is 0 Å². The number of carbonyl (C=O) groups is 2. The lowest BCUT2D eigenvalue weighted by atomic mass is 10.1. The number of aromatic nitrogens is 1. The molecule has 1 unspecified atom stereocenters. The summed E-state index contributed by atoms with van der Waals surface area (Å²) in [7, 11) is 0. The molecule has 150 valence electrons. The van der Waals surface area contributed by atoms with Gasteiger partial charge in [-0.15, -0.1) is 12.4 Å². The third-order valence-electron chi connectivity index (χ3n) is 4.52. The number of rotatable bonds is 6. The predicted molar refractivity (Wildman–Crippen MR) is 112 cm³/mol. The van der Waals surface area contributed by atoms with Gasteiger partial charge in [0.15, 0.2) is 0 Å². The Morgan fingerprint density at radius 1 is 1.29 bits per heavy atom. The lowest BCUT2D eigenvalue weighted by molar-refractivity contribution is -0.118. The fourth-order valence-electron chi connectivity index (χ4n) is 3.22. The molecule has 1 aliphatic rings. The van der Waals surface area contributed by atoms with Crippen molar-refractivity contribution in [2.75, 3.05) is 38.0 Å². The Kier molecular flexibility index (Phi) is 8.38. The van der Waals surface area contributed by atoms with Crippen molar-refractivity contribution in [3.05, 3.63) is 59.9 Å². The Hall–Kier alpha value is -2.48. The minimum Gasteiger partial charge on any atom is -0.352 e. The normalized spacial score (nSPS) is 16.7. The Morgan fingerprint density at radius 2 is 2.14 bits per heavy atom. The van der Waals surface area contributed by atoms with Crippen molar-refractivity contribution in [2.45, 2.75) is 13.0 Å². The lowest BCUT2D eigenvalue weighted by Gasteiger charge is -2.35. The van der Waals surface area contributed by atoms with E-state index in [2.05, 4.69) is 25.8 Å². The highest BCUT2D eigenvalue weighted by Crippen LogP contribution is 2.21. The Morgan fingerprint density at radius 3 is 2.89 bits per heavy atom. The van der Waals surface area contributed by atoms with Crippen molar-refractivity contribution in [1.29, 1.82) is 0 Å². The zero-order chi connectivity index (χ0) is 19.1. The predicted octanol–water partition coefficient (Wildman–Crippen LogP) is 1.84. The van der Waals surface area contributed by atoms with E-state index < -0.39 is 0 Å². The maximum Gasteiger partial charge on any atom is 0.251 e. The molecule has 1 saturated heterocycles. The first-order valence-corrected chi connectivity index (χ1v) is 9.20. The van der Waals surface area contributed by atoms with Gasteiger partial charge in [0.25, 0.3) is 5.91 Å². The molecular weight excluding hydrogens is 378 g/mol. The summed E-state index contributed by atoms with van der Waals surface area (Å²) in [6.07, 6.45) is 3.59. The van der Waals surface area contributed by atoms with Crippen LogP contribution in [0.25, 0.3) is 0 Å². The average molecular weight is 404 g/mol. The van der Waals surface area contributed by atoms with Gasteiger partial charge < -0.3 is 16.0 Å². The van der Waals surface area contributed by atoms with E-state index in [1.807, 2.05) is 25.3 Å². The highest BCUT2D eigenvalue weighted by Gasteiger charge is 2.25. The van der Waals surface area contributed by atoms with Crippen molar-refractivity contribution in [3.8, 4) is 0 Å². The number of piperazine rings is 1. The molecule has 3 N–H and O–H groups in total. The molecule has 0 spiro atoms. The van der Waals surface area contributed by atoms with Crippen LogP contribution in [0.1, 0.15) is 28.9 Å². The third kappa shape index (κ3) is 5.76. The second kappa shape index (κ2) is 10.8. The molecule has 2 aromatic rings. The van der Waals surface area contributed by atoms with E-state index in [4.69, 9.17) is 0 Å². The molecule has 0 bridgehead atoms. The maximum absolute atomic E-state index is 12.6. The molecule has 1 aliphatic heterocycles. The number of carbonyl (C=O) groups excluding carboxylic acids is 2. The zero-order valence-corrected chi connectivity index (χ0v) is 16.7. The first-order valence-electron chi connectivity index (χ1n) is 9.20. The third-order valence-corrected chi connectivity index (χ3v) is 4.52. The highest BCUT2D eigenvalue weighted by molar-refractivity contribution is 5.97. The lowest BCUT2D eigenvalue weighted by Crippen LogP contribution is -2.48. The molecule has 1 fully saturated rings. The van der Waals surface area contributed by atoms with E-state index in [1.54, 1.807) is 30.5 Å². The van der Waals surface area contributed by atoms with Crippen LogP contribution in [0.2, 0.25) is 0 Å². The van der Waals surface area contributed by atoms with Crippen molar-refractivity contribution >= 4 is 29.9 Å². The van der Waals surface area contributed by atoms with Gasteiger partial charge in [-0.1, -0.05) is 12.1 Å². The number of anilines is 1. The van der Waals surface area contributed by atoms with Crippen molar-refractivity contribution in [2.24, 2.45) is 0 Å². The van der Waals surface area contributed by atoms with Crippen LogP contribution >= 0.6 is 12.4 Å². The van der Waals surface area contributed by atoms with Crippen LogP contribution in [-0.2, 0) is 4.79 Å². The molecule has 1 aromatic heterocycles. The molecule has 3 rings (SSSR count). The van der Waals surface area contributed by atoms with Gasteiger partial charge in [0.05, 0.1) is 6.54 Å². The van der Waals surface area contributed by atoms with E-state index in [0.29, 0.717) is 17.8 Å². The van der Waals surface area contributed by atoms with Crippen molar-refractivity contribution in [3.63, 3.8) is 0 Å². The summed E-state index contributed by atoms with van der Waals surface area (Å²) in [4.78, 5) is 30.9. The van der Waals surface area contributed by atoms with Crippen LogP contribution in [0, 0.1) is 0 Å². The second-order valence-corrected chi connectivity index (χ2v) is 6.47. The minimum atomic E-state index is -0.146. The van der Waals surface area contributed by atoms with Gasteiger partial charge in [-0.25, -0.2) is 0 Å². The van der Waals surface area contributed by atoms with E-state index >= 15 is 0 Å². The second-order valence-electron chi connectivity index (χ2n) is 6.47. The number of hydrogen-bond donors (Lipinski definition) is 3. The van der Waals surface area contributed by atoms with Crippen LogP contribution in [0.3, 0.4) is 0 Å². The molecular formula is C20H26ClN5O2. The zero-order valence-electron chi connectivity index (χ0n) is 15.9. The first kappa shape index (κ1) is 21.8. The minimum absolute atomic E-state index is 0. The number of benzene rings is 1. The van der Waals surface area contributed by atoms with Gasteiger partial charge >= 0.3 is 0 Å². The standard InChI is InChI=1S/C20H25N5O2.ClH/c1-2-23-20(27)15-5-3-7-17(11-15)24-19(26)14-25-10-9-22-13-18(25)16-6-4-8-21-12-16;/h3-8,11-12,18,22H,2,9-10,13-14H2,1H3,(H,23,27)(H,24,26);1H. The quantitative estimate of drug-likeness (QED) is 0.685. The van der Waals surface area contributed by atoms with Crippen LogP contribution in [0.15, 0.2) is 48.8 Å². The molecule has 1 aromatic carbocycles. The van der Waals surface area contributed by atoms with Gasteiger partial charge in [-0.05, 0) is 36.8 Å². The number of pyridine rings is 1. The molecule has 7 nitrogen and oxygen atoms in total. The average Bonchev–Trinajstić information content (AvgIpc) is 2.69. The fraction of sp³-hybridized carbons (Fsp3) is 0.350. The van der Waals surface area contributed by atoms with E-state index in [0.717, 1.165) is 25.2 Å². The maximum atomic E-state index is 12.6. The Balaban J connectivity index is 0.00000280. The molecule has 0 saturated carbocycles. The molecule has 28 heavy (non-hydrogen) atoms. The topological polar surface area (TPSA) is 86.4 Å². The summed E-state index contributed by atoms with van der Waals surface area (Å²) in [6.45, 7) is 5.13. The Labute approximate surface area is 171 Å². The van der Waals surface area contributed by atoms with E-state index in [1.165, 1.54) is 0 Å². The number of amides is 2. The summed E-state index contributed by atoms with van der Waals surface area (Å²) in [5, 5.41) is 9.03. The summed E-state index contributed by atoms with van der Waals surface area (Å²) in [6, 6.07) is 11.0. The Bertz CT molecular complexity index is 787. The fourth-order valence-corrected chi connectivity index (χ4v) is 3.22. The molecule has 0 aliphatic carbocycles. The SMILES string of the molecule is CCNC(=O)c1cccc(NC(=O)CN2CCNCC2c2cccnc2)c1.Cl. The van der Waals surface area contributed by atoms with Gasteiger partial charge in [0.2, 0.25) is 5.91 Å². The van der Waals surface area contributed by atoms with Crippen LogP contribution < -0.4 is 16.0 Å². The van der Waals surface area contributed by atoms with Crippen molar-refractivity contribution < 1.29 is 9.59 Å². The van der Waals surface area contributed by atoms with Crippen LogP contribution in [0.5, 0.6) is 0 Å². The molecule has 8 heteroatoms. The molecule has 2 amide bonds. The first-order chi connectivity index (χ1) is 13.2. The van der Waals surface area contributed by atoms with Crippen LogP contribution in [0.4, 0.5) is 5.69 Å². The molecule has 2 heterocycles. The summed E-state index contributed by atoms with van der Waals surface area (Å²) in [5.41, 5.74) is 2.25. The number of nitrogens with zero attached hydrogens (tertiary/aromatic N) is 2. The number of hydrogen-bond acceptors (Lipinski definition) is 5. The van der Waals surface area contributed by atoms with Crippen LogP contribution in [-0.4, -0.2) is 54.4 Å². The monoisotopic (exact) mass is 403 g/mol. The smallest absolute Gasteiger partial charge is 0.251 e. The van der Waals surface area contributed by atoms with Crippen molar-refractivity contribution in [1.82, 2.24) is 20.5 Å². The van der Waals surface area contributed by atoms with Gasteiger partial charge in [0, 0.05) is 55.9 Å². The molecule has 0 radical (unpaired) electrons.